The van der Waals surface area contributed by atoms with E-state index in [-0.39, 0.29) is 19.4 Å². The van der Waals surface area contributed by atoms with Gasteiger partial charge in [0.1, 0.15) is 0 Å². The Bertz CT molecular complexity index is 417. The van der Waals surface area contributed by atoms with Crippen molar-refractivity contribution in [3.8, 4) is 0 Å². The molecular weight excluding hydrogens is 267 g/mol. The van der Waals surface area contributed by atoms with Crippen LogP contribution in [0.5, 0.6) is 0 Å². The van der Waals surface area contributed by atoms with Gasteiger partial charge in [0, 0.05) is 13.1 Å². The molecule has 8 heteroatoms. The van der Waals surface area contributed by atoms with Crippen LogP contribution in [0.1, 0.15) is 12.8 Å². The highest BCUT2D eigenvalue weighted by atomic mass is 19.4. The molecule has 0 aromatic rings. The normalized spacial score (nSPS) is 20.6. The molecule has 0 bridgehead atoms. The number of alkyl halides is 3. The first-order chi connectivity index (χ1) is 8.71. The number of ketones is 1. The summed E-state index contributed by atoms with van der Waals surface area (Å²) in [5.74, 6) is -5.62. The van der Waals surface area contributed by atoms with E-state index >= 15 is 0 Å². The lowest BCUT2D eigenvalue weighted by Crippen LogP contribution is -2.46. The zero-order chi connectivity index (χ0) is 14.6. The molecule has 0 N–H and O–H groups in total. The van der Waals surface area contributed by atoms with E-state index in [9.17, 15) is 32.7 Å². The van der Waals surface area contributed by atoms with Gasteiger partial charge in [0.25, 0.3) is 5.91 Å². The van der Waals surface area contributed by atoms with Crippen LogP contribution in [-0.2, 0) is 14.4 Å². The van der Waals surface area contributed by atoms with Crippen LogP contribution < -0.4 is 5.11 Å². The van der Waals surface area contributed by atoms with Gasteiger partial charge in [-0.05, 0) is 25.0 Å². The van der Waals surface area contributed by atoms with Crippen molar-refractivity contribution in [3.05, 3.63) is 12.2 Å². The van der Waals surface area contributed by atoms with E-state index in [1.54, 1.807) is 0 Å². The van der Waals surface area contributed by atoms with E-state index in [1.165, 1.54) is 0 Å². The fourth-order valence-corrected chi connectivity index (χ4v) is 1.80. The minimum Gasteiger partial charge on any atom is -0.545 e. The summed E-state index contributed by atoms with van der Waals surface area (Å²) in [5, 5.41) is 10.1. The summed E-state index contributed by atoms with van der Waals surface area (Å²) < 4.78 is 37.5. The molecule has 1 heterocycles. The van der Waals surface area contributed by atoms with Gasteiger partial charge in [0.05, 0.1) is 11.9 Å². The number of rotatable bonds is 3. The molecule has 0 saturated carbocycles. The van der Waals surface area contributed by atoms with Crippen molar-refractivity contribution in [1.29, 1.82) is 0 Å². The number of nitrogens with zero attached hydrogens (tertiary/aromatic N) is 1. The largest absolute Gasteiger partial charge is 0.545 e. The zero-order valence-corrected chi connectivity index (χ0v) is 9.77. The van der Waals surface area contributed by atoms with Crippen LogP contribution in [0, 0.1) is 5.92 Å². The number of halogens is 3. The molecule has 1 aliphatic rings. The molecule has 1 fully saturated rings. The second kappa shape index (κ2) is 5.85. The number of likely N-dealkylation sites (tertiary alicyclic amines) is 1. The Balaban J connectivity index is 2.67. The van der Waals surface area contributed by atoms with Gasteiger partial charge in [-0.1, -0.05) is 0 Å². The fourth-order valence-electron chi connectivity index (χ4n) is 1.80. The van der Waals surface area contributed by atoms with Gasteiger partial charge in [-0.15, -0.1) is 0 Å². The van der Waals surface area contributed by atoms with E-state index < -0.39 is 36.3 Å². The van der Waals surface area contributed by atoms with Crippen molar-refractivity contribution in [1.82, 2.24) is 4.90 Å². The van der Waals surface area contributed by atoms with Crippen LogP contribution in [0.15, 0.2) is 12.2 Å². The molecule has 19 heavy (non-hydrogen) atoms. The summed E-state index contributed by atoms with van der Waals surface area (Å²) in [6.07, 6.45) is -3.51. The van der Waals surface area contributed by atoms with E-state index in [0.717, 1.165) is 4.90 Å². The third-order valence-corrected chi connectivity index (χ3v) is 2.75. The summed E-state index contributed by atoms with van der Waals surface area (Å²) in [5.41, 5.74) is 0. The first-order valence-electron chi connectivity index (χ1n) is 5.51. The number of carbonyl (C=O) groups is 3. The standard InChI is InChI=1S/C11H12F3NO4/c12-11(13,14)7-2-1-5-15(6-7)10(19)8(16)3-4-9(17)18/h3-4,7H,1-2,5-6H2,(H,17,18)/p-1/b4-3+/t7-/m1/s1. The lowest BCUT2D eigenvalue weighted by molar-refractivity contribution is -0.297. The average Bonchev–Trinajstić information content (AvgIpc) is 2.34. The maximum Gasteiger partial charge on any atom is 0.393 e. The Kier molecular flexibility index (Phi) is 4.68. The number of piperidine rings is 1. The highest BCUT2D eigenvalue weighted by molar-refractivity contribution is 6.40. The fraction of sp³-hybridized carbons (Fsp3) is 0.545. The lowest BCUT2D eigenvalue weighted by Gasteiger charge is -2.33. The number of carbonyl (C=O) groups excluding carboxylic acids is 3. The van der Waals surface area contributed by atoms with Gasteiger partial charge in [0.2, 0.25) is 5.78 Å². The molecule has 0 unspecified atom stereocenters. The van der Waals surface area contributed by atoms with E-state index in [4.69, 9.17) is 0 Å². The van der Waals surface area contributed by atoms with Gasteiger partial charge < -0.3 is 14.8 Å². The monoisotopic (exact) mass is 278 g/mol. The first-order valence-corrected chi connectivity index (χ1v) is 5.51. The van der Waals surface area contributed by atoms with Crippen LogP contribution in [0.25, 0.3) is 0 Å². The summed E-state index contributed by atoms with van der Waals surface area (Å²) in [6, 6.07) is 0. The van der Waals surface area contributed by atoms with Gasteiger partial charge in [0.15, 0.2) is 0 Å². The molecule has 0 spiro atoms. The predicted molar refractivity (Wildman–Crippen MR) is 54.5 cm³/mol. The Morgan fingerprint density at radius 3 is 2.37 bits per heavy atom. The number of amides is 1. The molecule has 0 radical (unpaired) electrons. The van der Waals surface area contributed by atoms with E-state index in [2.05, 4.69) is 0 Å². The molecule has 1 aliphatic heterocycles. The quantitative estimate of drug-likeness (QED) is 0.523. The summed E-state index contributed by atoms with van der Waals surface area (Å²) >= 11 is 0. The Hall–Kier alpha value is -1.86. The molecule has 1 saturated heterocycles. The highest BCUT2D eigenvalue weighted by Gasteiger charge is 2.43. The number of carboxylic acid groups (broad SMARTS) is 1. The second-order valence-electron chi connectivity index (χ2n) is 4.15. The van der Waals surface area contributed by atoms with Crippen LogP contribution in [-0.4, -0.2) is 41.8 Å². The van der Waals surface area contributed by atoms with Crippen molar-refractivity contribution in [2.24, 2.45) is 5.92 Å². The number of aliphatic carboxylic acids is 1. The van der Waals surface area contributed by atoms with Gasteiger partial charge >= 0.3 is 6.18 Å². The molecule has 0 aliphatic carbocycles. The van der Waals surface area contributed by atoms with Crippen LogP contribution >= 0.6 is 0 Å². The van der Waals surface area contributed by atoms with Crippen molar-refractivity contribution >= 4 is 17.7 Å². The topological polar surface area (TPSA) is 77.5 Å². The van der Waals surface area contributed by atoms with Crippen LogP contribution in [0.4, 0.5) is 13.2 Å². The average molecular weight is 278 g/mol. The van der Waals surface area contributed by atoms with Crippen molar-refractivity contribution < 1.29 is 32.7 Å². The molecule has 1 amide bonds. The van der Waals surface area contributed by atoms with Gasteiger partial charge in [-0.25, -0.2) is 0 Å². The third kappa shape index (κ3) is 4.38. The highest BCUT2D eigenvalue weighted by Crippen LogP contribution is 2.33. The Labute approximate surface area is 106 Å². The van der Waals surface area contributed by atoms with Crippen molar-refractivity contribution in [2.75, 3.05) is 13.1 Å². The zero-order valence-electron chi connectivity index (χ0n) is 9.77. The molecule has 0 aromatic carbocycles. The maximum absolute atomic E-state index is 12.5. The van der Waals surface area contributed by atoms with Gasteiger partial charge in [-0.2, -0.15) is 13.2 Å². The summed E-state index contributed by atoms with van der Waals surface area (Å²) in [6.45, 7) is -0.524. The SMILES string of the molecule is O=C([O-])/C=C/C(=O)C(=O)N1CCC[C@@H](C(F)(F)F)C1. The predicted octanol–water partition coefficient (Wildman–Crippen LogP) is -0.338. The molecule has 1 atom stereocenters. The third-order valence-electron chi connectivity index (χ3n) is 2.75. The van der Waals surface area contributed by atoms with Crippen LogP contribution in [0.2, 0.25) is 0 Å². The second-order valence-corrected chi connectivity index (χ2v) is 4.15. The van der Waals surface area contributed by atoms with Crippen molar-refractivity contribution in [2.45, 2.75) is 19.0 Å². The smallest absolute Gasteiger partial charge is 0.393 e. The Morgan fingerprint density at radius 2 is 1.84 bits per heavy atom. The minimum absolute atomic E-state index is 0.0519. The Morgan fingerprint density at radius 1 is 1.21 bits per heavy atom. The minimum atomic E-state index is -4.41. The lowest BCUT2D eigenvalue weighted by atomic mass is 9.97. The summed E-state index contributed by atoms with van der Waals surface area (Å²) in [7, 11) is 0. The number of hydrogen-bond donors (Lipinski definition) is 0. The van der Waals surface area contributed by atoms with Gasteiger partial charge in [-0.3, -0.25) is 9.59 Å². The molecule has 0 aromatic heterocycles. The molecule has 106 valence electrons. The van der Waals surface area contributed by atoms with E-state index in [1.807, 2.05) is 0 Å². The number of hydrogen-bond acceptors (Lipinski definition) is 4. The summed E-state index contributed by atoms with van der Waals surface area (Å²) in [4.78, 5) is 33.6. The van der Waals surface area contributed by atoms with Crippen LogP contribution in [0.3, 0.4) is 0 Å². The first kappa shape index (κ1) is 15.2. The van der Waals surface area contributed by atoms with Crippen molar-refractivity contribution in [3.63, 3.8) is 0 Å². The molecular formula is C11H11F3NO4-. The maximum atomic E-state index is 12.5. The molecule has 5 nitrogen and oxygen atoms in total. The molecule has 1 rings (SSSR count). The number of carboxylic acids is 1. The van der Waals surface area contributed by atoms with E-state index in [0.29, 0.717) is 12.2 Å².